The van der Waals surface area contributed by atoms with Crippen LogP contribution in [0.15, 0.2) is 48.5 Å². The number of carboxylic acid groups (broad SMARTS) is 1. The number of hydrogen-bond donors (Lipinski definition) is 2. The maximum atomic E-state index is 13.3. The van der Waals surface area contributed by atoms with E-state index < -0.39 is 12.0 Å². The van der Waals surface area contributed by atoms with Crippen molar-refractivity contribution in [3.63, 3.8) is 0 Å². The molecule has 0 amide bonds. The monoisotopic (exact) mass is 259 g/mol. The van der Waals surface area contributed by atoms with Crippen LogP contribution in [0.4, 0.5) is 4.39 Å². The fourth-order valence-electron chi connectivity index (χ4n) is 2.04. The van der Waals surface area contributed by atoms with Gasteiger partial charge in [-0.2, -0.15) is 0 Å². The Kier molecular flexibility index (Phi) is 3.92. The molecule has 19 heavy (non-hydrogen) atoms. The Balaban J connectivity index is 2.44. The average Bonchev–Trinajstić information content (AvgIpc) is 2.38. The number of hydrogen-bond acceptors (Lipinski definition) is 2. The summed E-state index contributed by atoms with van der Waals surface area (Å²) in [5, 5.41) is 8.81. The standard InChI is InChI=1S/C15H14FNO2/c16-11-5-3-4-10(8-11)12-6-1-2-7-13(12)14(17)9-15(18)19/h1-8,14H,9,17H2,(H,18,19). The summed E-state index contributed by atoms with van der Waals surface area (Å²) < 4.78 is 13.3. The molecule has 4 heteroatoms. The van der Waals surface area contributed by atoms with Crippen LogP contribution in [0.3, 0.4) is 0 Å². The lowest BCUT2D eigenvalue weighted by molar-refractivity contribution is -0.137. The van der Waals surface area contributed by atoms with Gasteiger partial charge in [-0.25, -0.2) is 4.39 Å². The third-order valence-electron chi connectivity index (χ3n) is 2.89. The Morgan fingerprint density at radius 2 is 1.95 bits per heavy atom. The minimum absolute atomic E-state index is 0.160. The van der Waals surface area contributed by atoms with Gasteiger partial charge in [-0.05, 0) is 28.8 Å². The number of carbonyl (C=O) groups is 1. The number of benzene rings is 2. The zero-order valence-electron chi connectivity index (χ0n) is 10.2. The molecule has 3 N–H and O–H groups in total. The maximum absolute atomic E-state index is 13.3. The van der Waals surface area contributed by atoms with E-state index in [0.717, 1.165) is 5.56 Å². The van der Waals surface area contributed by atoms with E-state index >= 15 is 0 Å². The van der Waals surface area contributed by atoms with Gasteiger partial charge in [-0.1, -0.05) is 36.4 Å². The van der Waals surface area contributed by atoms with Crippen molar-refractivity contribution >= 4 is 5.97 Å². The summed E-state index contributed by atoms with van der Waals surface area (Å²) in [4.78, 5) is 10.7. The predicted octanol–water partition coefficient (Wildman–Crippen LogP) is 2.97. The fraction of sp³-hybridized carbons (Fsp3) is 0.133. The van der Waals surface area contributed by atoms with Gasteiger partial charge in [-0.3, -0.25) is 4.79 Å². The molecule has 0 aliphatic heterocycles. The molecule has 1 unspecified atom stereocenters. The summed E-state index contributed by atoms with van der Waals surface area (Å²) >= 11 is 0. The van der Waals surface area contributed by atoms with Gasteiger partial charge >= 0.3 is 5.97 Å². The molecule has 0 bridgehead atoms. The number of rotatable bonds is 4. The summed E-state index contributed by atoms with van der Waals surface area (Å²) in [5.74, 6) is -1.29. The SMILES string of the molecule is NC(CC(=O)O)c1ccccc1-c1cccc(F)c1. The van der Waals surface area contributed by atoms with Crippen LogP contribution in [0.25, 0.3) is 11.1 Å². The molecule has 0 aliphatic carbocycles. The summed E-state index contributed by atoms with van der Waals surface area (Å²) in [6.07, 6.45) is -0.160. The Hall–Kier alpha value is -2.20. The highest BCUT2D eigenvalue weighted by Crippen LogP contribution is 2.28. The summed E-state index contributed by atoms with van der Waals surface area (Å²) in [7, 11) is 0. The van der Waals surface area contributed by atoms with Gasteiger partial charge in [0.15, 0.2) is 0 Å². The van der Waals surface area contributed by atoms with E-state index in [1.165, 1.54) is 12.1 Å². The van der Waals surface area contributed by atoms with E-state index in [2.05, 4.69) is 0 Å². The largest absolute Gasteiger partial charge is 0.481 e. The minimum Gasteiger partial charge on any atom is -0.481 e. The first-order valence-corrected chi connectivity index (χ1v) is 5.90. The molecule has 0 aliphatic rings. The Labute approximate surface area is 110 Å². The molecular formula is C15H14FNO2. The van der Waals surface area contributed by atoms with Gasteiger partial charge in [0.25, 0.3) is 0 Å². The molecule has 2 aromatic carbocycles. The van der Waals surface area contributed by atoms with E-state index in [9.17, 15) is 9.18 Å². The van der Waals surface area contributed by atoms with Gasteiger partial charge in [0.2, 0.25) is 0 Å². The second kappa shape index (κ2) is 5.63. The van der Waals surface area contributed by atoms with E-state index in [0.29, 0.717) is 11.1 Å². The maximum Gasteiger partial charge on any atom is 0.305 e. The first-order chi connectivity index (χ1) is 9.08. The molecule has 98 valence electrons. The number of halogens is 1. The van der Waals surface area contributed by atoms with Gasteiger partial charge in [0.1, 0.15) is 5.82 Å². The van der Waals surface area contributed by atoms with E-state index in [-0.39, 0.29) is 12.2 Å². The Bertz CT molecular complexity index is 598. The van der Waals surface area contributed by atoms with Crippen molar-refractivity contribution < 1.29 is 14.3 Å². The molecule has 0 aromatic heterocycles. The lowest BCUT2D eigenvalue weighted by Crippen LogP contribution is -2.15. The summed E-state index contributed by atoms with van der Waals surface area (Å²) in [6, 6.07) is 12.7. The molecule has 0 fully saturated rings. The molecule has 1 atom stereocenters. The van der Waals surface area contributed by atoms with Crippen molar-refractivity contribution in [3.8, 4) is 11.1 Å². The molecule has 2 rings (SSSR count). The van der Waals surface area contributed by atoms with Crippen LogP contribution in [0.5, 0.6) is 0 Å². The zero-order chi connectivity index (χ0) is 13.8. The lowest BCUT2D eigenvalue weighted by Gasteiger charge is -2.15. The van der Waals surface area contributed by atoms with Crippen LogP contribution in [-0.4, -0.2) is 11.1 Å². The third kappa shape index (κ3) is 3.17. The highest BCUT2D eigenvalue weighted by Gasteiger charge is 2.15. The highest BCUT2D eigenvalue weighted by atomic mass is 19.1. The van der Waals surface area contributed by atoms with Crippen LogP contribution in [0.1, 0.15) is 18.0 Å². The lowest BCUT2D eigenvalue weighted by atomic mass is 9.94. The van der Waals surface area contributed by atoms with Crippen LogP contribution >= 0.6 is 0 Å². The van der Waals surface area contributed by atoms with Gasteiger partial charge < -0.3 is 10.8 Å². The average molecular weight is 259 g/mol. The smallest absolute Gasteiger partial charge is 0.305 e. The van der Waals surface area contributed by atoms with Crippen LogP contribution in [0.2, 0.25) is 0 Å². The van der Waals surface area contributed by atoms with Gasteiger partial charge in [0, 0.05) is 6.04 Å². The molecule has 2 aromatic rings. The normalized spacial score (nSPS) is 12.1. The van der Waals surface area contributed by atoms with E-state index in [4.69, 9.17) is 10.8 Å². The minimum atomic E-state index is -0.957. The Morgan fingerprint density at radius 1 is 1.21 bits per heavy atom. The topological polar surface area (TPSA) is 63.3 Å². The number of carboxylic acids is 1. The second-order valence-corrected chi connectivity index (χ2v) is 4.30. The van der Waals surface area contributed by atoms with Crippen molar-refractivity contribution in [2.45, 2.75) is 12.5 Å². The second-order valence-electron chi connectivity index (χ2n) is 4.30. The summed E-state index contributed by atoms with van der Waals surface area (Å²) in [6.45, 7) is 0. The molecule has 0 heterocycles. The van der Waals surface area contributed by atoms with Crippen molar-refractivity contribution in [1.82, 2.24) is 0 Å². The first-order valence-electron chi connectivity index (χ1n) is 5.90. The van der Waals surface area contributed by atoms with Crippen LogP contribution < -0.4 is 5.73 Å². The van der Waals surface area contributed by atoms with Gasteiger partial charge in [0.05, 0.1) is 6.42 Å². The molecule has 0 radical (unpaired) electrons. The molecule has 0 saturated carbocycles. The van der Waals surface area contributed by atoms with E-state index in [1.807, 2.05) is 12.1 Å². The molecule has 0 spiro atoms. The highest BCUT2D eigenvalue weighted by molar-refractivity contribution is 5.71. The quantitative estimate of drug-likeness (QED) is 0.887. The fourth-order valence-corrected chi connectivity index (χ4v) is 2.04. The predicted molar refractivity (Wildman–Crippen MR) is 71.0 cm³/mol. The molecule has 3 nitrogen and oxygen atoms in total. The van der Waals surface area contributed by atoms with Crippen LogP contribution in [0, 0.1) is 5.82 Å². The molecule has 0 saturated heterocycles. The summed E-state index contributed by atoms with van der Waals surface area (Å²) in [5.41, 5.74) is 8.05. The number of aliphatic carboxylic acids is 1. The van der Waals surface area contributed by atoms with Gasteiger partial charge in [-0.15, -0.1) is 0 Å². The van der Waals surface area contributed by atoms with Crippen molar-refractivity contribution in [3.05, 3.63) is 59.9 Å². The van der Waals surface area contributed by atoms with Crippen molar-refractivity contribution in [1.29, 1.82) is 0 Å². The Morgan fingerprint density at radius 3 is 2.63 bits per heavy atom. The molecular weight excluding hydrogens is 245 g/mol. The first kappa shape index (κ1) is 13.2. The van der Waals surface area contributed by atoms with Crippen molar-refractivity contribution in [2.24, 2.45) is 5.73 Å². The third-order valence-corrected chi connectivity index (χ3v) is 2.89. The van der Waals surface area contributed by atoms with Crippen molar-refractivity contribution in [2.75, 3.05) is 0 Å². The zero-order valence-corrected chi connectivity index (χ0v) is 10.2. The number of nitrogens with two attached hydrogens (primary N) is 1. The van der Waals surface area contributed by atoms with Crippen LogP contribution in [-0.2, 0) is 4.79 Å². The van der Waals surface area contributed by atoms with E-state index in [1.54, 1.807) is 24.3 Å².